The van der Waals surface area contributed by atoms with Crippen molar-refractivity contribution in [3.63, 3.8) is 0 Å². The van der Waals surface area contributed by atoms with Crippen LogP contribution in [-0.4, -0.2) is 20.9 Å². The highest BCUT2D eigenvalue weighted by atomic mass is 32.2. The van der Waals surface area contributed by atoms with Gasteiger partial charge in [0.1, 0.15) is 4.21 Å². The van der Waals surface area contributed by atoms with Crippen LogP contribution in [0.5, 0.6) is 0 Å². The molecule has 106 valence electrons. The van der Waals surface area contributed by atoms with E-state index in [9.17, 15) is 13.2 Å². The van der Waals surface area contributed by atoms with Crippen LogP contribution in [0.1, 0.15) is 43.0 Å². The Balaban J connectivity index is 1.95. The molecule has 1 amide bonds. The number of carbonyl (C=O) groups is 1. The molecule has 5 nitrogen and oxygen atoms in total. The van der Waals surface area contributed by atoms with Gasteiger partial charge >= 0.3 is 0 Å². The third-order valence-corrected chi connectivity index (χ3v) is 5.87. The van der Waals surface area contributed by atoms with Gasteiger partial charge in [0.25, 0.3) is 5.91 Å². The quantitative estimate of drug-likeness (QED) is 0.838. The van der Waals surface area contributed by atoms with Gasteiger partial charge in [0.15, 0.2) is 0 Å². The molecule has 19 heavy (non-hydrogen) atoms. The number of hydrogen-bond donors (Lipinski definition) is 2. The second kappa shape index (κ2) is 5.22. The fraction of sp³-hybridized carbons (Fsp3) is 0.583. The van der Waals surface area contributed by atoms with Crippen LogP contribution in [0.15, 0.2) is 15.7 Å². The Hall–Kier alpha value is -0.920. The molecule has 0 bridgehead atoms. The number of sulfonamides is 1. The Kier molecular flexibility index (Phi) is 3.98. The molecule has 1 heterocycles. The average molecular weight is 302 g/mol. The van der Waals surface area contributed by atoms with Gasteiger partial charge in [0.05, 0.1) is 5.56 Å². The Morgan fingerprint density at radius 2 is 2.21 bits per heavy atom. The molecule has 1 aromatic rings. The van der Waals surface area contributed by atoms with Gasteiger partial charge in [-0.3, -0.25) is 4.79 Å². The molecule has 0 aliphatic heterocycles. The normalized spacial score (nSPS) is 17.2. The van der Waals surface area contributed by atoms with E-state index < -0.39 is 10.0 Å². The Morgan fingerprint density at radius 1 is 1.53 bits per heavy atom. The number of nitrogens with one attached hydrogen (secondary N) is 1. The molecule has 1 aliphatic carbocycles. The summed E-state index contributed by atoms with van der Waals surface area (Å²) in [5.74, 6) is -0.228. The summed E-state index contributed by atoms with van der Waals surface area (Å²) in [6, 6.07) is 1.33. The first kappa shape index (κ1) is 14.5. The van der Waals surface area contributed by atoms with Crippen molar-refractivity contribution in [2.24, 2.45) is 10.6 Å². The van der Waals surface area contributed by atoms with Crippen molar-refractivity contribution in [2.45, 2.75) is 36.8 Å². The smallest absolute Gasteiger partial charge is 0.252 e. The minimum absolute atomic E-state index is 0.0207. The van der Waals surface area contributed by atoms with Crippen molar-refractivity contribution in [3.05, 3.63) is 17.0 Å². The molecule has 0 spiro atoms. The van der Waals surface area contributed by atoms with Crippen LogP contribution in [0.25, 0.3) is 0 Å². The Bertz CT molecular complexity index is 574. The highest BCUT2D eigenvalue weighted by molar-refractivity contribution is 7.91. The molecule has 0 saturated heterocycles. The molecule has 0 aromatic carbocycles. The number of nitrogens with two attached hydrogens (primary N) is 1. The maximum absolute atomic E-state index is 11.9. The standard InChI is InChI=1S/C12H18N2O3S2/c1-2-3-12(4-5-12)8-14-11(15)9-6-10(18-7-9)19(13,16)17/h6-7H,2-5,8H2,1H3,(H,14,15)(H2,13,16,17). The predicted molar refractivity (Wildman–Crippen MR) is 74.6 cm³/mol. The highest BCUT2D eigenvalue weighted by Crippen LogP contribution is 2.48. The van der Waals surface area contributed by atoms with E-state index in [4.69, 9.17) is 5.14 Å². The molecule has 1 aliphatic rings. The second-order valence-corrected chi connectivity index (χ2v) is 7.83. The average Bonchev–Trinajstić information content (AvgIpc) is 2.91. The highest BCUT2D eigenvalue weighted by Gasteiger charge is 2.41. The monoisotopic (exact) mass is 302 g/mol. The summed E-state index contributed by atoms with van der Waals surface area (Å²) in [6.07, 6.45) is 4.56. The SMILES string of the molecule is CCCC1(CNC(=O)c2csc(S(N)(=O)=O)c2)CC1. The van der Waals surface area contributed by atoms with E-state index in [1.807, 2.05) is 0 Å². The minimum Gasteiger partial charge on any atom is -0.351 e. The molecule has 0 atom stereocenters. The van der Waals surface area contributed by atoms with E-state index in [0.717, 1.165) is 37.0 Å². The van der Waals surface area contributed by atoms with Gasteiger partial charge in [0, 0.05) is 11.9 Å². The molecular weight excluding hydrogens is 284 g/mol. The van der Waals surface area contributed by atoms with Crippen molar-refractivity contribution in [1.82, 2.24) is 5.32 Å². The molecule has 7 heteroatoms. The zero-order valence-corrected chi connectivity index (χ0v) is 12.4. The van der Waals surface area contributed by atoms with Crippen LogP contribution in [0.2, 0.25) is 0 Å². The summed E-state index contributed by atoms with van der Waals surface area (Å²) >= 11 is 0.970. The van der Waals surface area contributed by atoms with Gasteiger partial charge in [-0.05, 0) is 30.7 Å². The van der Waals surface area contributed by atoms with Gasteiger partial charge in [-0.25, -0.2) is 13.6 Å². The zero-order chi connectivity index (χ0) is 14.1. The van der Waals surface area contributed by atoms with Crippen molar-refractivity contribution in [3.8, 4) is 0 Å². The first-order valence-electron chi connectivity index (χ1n) is 6.26. The first-order chi connectivity index (χ1) is 8.86. The minimum atomic E-state index is -3.72. The summed E-state index contributed by atoms with van der Waals surface area (Å²) < 4.78 is 22.3. The number of amides is 1. The van der Waals surface area contributed by atoms with Crippen LogP contribution in [0.3, 0.4) is 0 Å². The zero-order valence-electron chi connectivity index (χ0n) is 10.8. The number of rotatable bonds is 6. The van der Waals surface area contributed by atoms with E-state index in [1.54, 1.807) is 0 Å². The second-order valence-electron chi connectivity index (χ2n) is 5.13. The fourth-order valence-electron chi connectivity index (χ4n) is 2.18. The first-order valence-corrected chi connectivity index (χ1v) is 8.68. The lowest BCUT2D eigenvalue weighted by atomic mass is 10.0. The largest absolute Gasteiger partial charge is 0.351 e. The van der Waals surface area contributed by atoms with Gasteiger partial charge in [-0.2, -0.15) is 0 Å². The van der Waals surface area contributed by atoms with Crippen LogP contribution in [0.4, 0.5) is 0 Å². The van der Waals surface area contributed by atoms with Gasteiger partial charge < -0.3 is 5.32 Å². The van der Waals surface area contributed by atoms with Crippen LogP contribution >= 0.6 is 11.3 Å². The summed E-state index contributed by atoms with van der Waals surface area (Å²) in [7, 11) is -3.72. The number of thiophene rings is 1. The summed E-state index contributed by atoms with van der Waals surface area (Å²) in [4.78, 5) is 11.9. The van der Waals surface area contributed by atoms with Crippen LogP contribution < -0.4 is 10.5 Å². The summed E-state index contributed by atoms with van der Waals surface area (Å²) in [6.45, 7) is 2.80. The number of primary sulfonamides is 1. The fourth-order valence-corrected chi connectivity index (χ4v) is 3.76. The third kappa shape index (κ3) is 3.55. The lowest BCUT2D eigenvalue weighted by molar-refractivity contribution is 0.0944. The third-order valence-electron chi connectivity index (χ3n) is 3.48. The number of carbonyl (C=O) groups excluding carboxylic acids is 1. The topological polar surface area (TPSA) is 89.3 Å². The van der Waals surface area contributed by atoms with Crippen LogP contribution in [0, 0.1) is 5.41 Å². The summed E-state index contributed by atoms with van der Waals surface area (Å²) in [5, 5.41) is 9.42. The van der Waals surface area contributed by atoms with E-state index >= 15 is 0 Å². The molecule has 0 radical (unpaired) electrons. The molecular formula is C12H18N2O3S2. The molecule has 0 unspecified atom stereocenters. The van der Waals surface area contributed by atoms with Crippen molar-refractivity contribution in [2.75, 3.05) is 6.54 Å². The van der Waals surface area contributed by atoms with Crippen molar-refractivity contribution in [1.29, 1.82) is 0 Å². The van der Waals surface area contributed by atoms with E-state index in [-0.39, 0.29) is 15.5 Å². The van der Waals surface area contributed by atoms with Gasteiger partial charge in [0.2, 0.25) is 10.0 Å². The molecule has 1 fully saturated rings. The van der Waals surface area contributed by atoms with Crippen molar-refractivity contribution >= 4 is 27.3 Å². The van der Waals surface area contributed by atoms with E-state index in [2.05, 4.69) is 12.2 Å². The lowest BCUT2D eigenvalue weighted by Gasteiger charge is -2.14. The predicted octanol–water partition coefficient (Wildman–Crippen LogP) is 1.71. The van der Waals surface area contributed by atoms with Gasteiger partial charge in [-0.1, -0.05) is 13.3 Å². The molecule has 1 aromatic heterocycles. The Labute approximate surface area is 117 Å². The van der Waals surface area contributed by atoms with E-state index in [0.29, 0.717) is 12.1 Å². The maximum atomic E-state index is 11.9. The Morgan fingerprint density at radius 3 is 2.68 bits per heavy atom. The van der Waals surface area contributed by atoms with Crippen LogP contribution in [-0.2, 0) is 10.0 Å². The van der Waals surface area contributed by atoms with Gasteiger partial charge in [-0.15, -0.1) is 11.3 Å². The van der Waals surface area contributed by atoms with Crippen molar-refractivity contribution < 1.29 is 13.2 Å². The maximum Gasteiger partial charge on any atom is 0.252 e. The van der Waals surface area contributed by atoms with E-state index in [1.165, 1.54) is 11.4 Å². The lowest BCUT2D eigenvalue weighted by Crippen LogP contribution is -2.29. The molecule has 1 saturated carbocycles. The number of hydrogen-bond acceptors (Lipinski definition) is 4. The molecule has 2 rings (SSSR count). The molecule has 3 N–H and O–H groups in total. The summed E-state index contributed by atoms with van der Waals surface area (Å²) in [5.41, 5.74) is 0.643.